The molecule has 0 radical (unpaired) electrons. The first-order valence-electron chi connectivity index (χ1n) is 6.64. The molecule has 0 bridgehead atoms. The second kappa shape index (κ2) is 5.83. The number of thioether (sulfide) groups is 1. The van der Waals surface area contributed by atoms with E-state index in [0.717, 1.165) is 29.2 Å². The molecule has 0 amide bonds. The lowest BCUT2D eigenvalue weighted by molar-refractivity contribution is -0.133. The molecule has 5 nitrogen and oxygen atoms in total. The predicted octanol–water partition coefficient (Wildman–Crippen LogP) is 3.14. The molecule has 2 rings (SSSR count). The fourth-order valence-electron chi connectivity index (χ4n) is 2.38. The molecule has 2 aromatic heterocycles. The lowest BCUT2D eigenvalue weighted by Gasteiger charge is -2.28. The molecule has 108 valence electrons. The molecule has 0 aromatic carbocycles. The monoisotopic (exact) mass is 293 g/mol. The molecular weight excluding hydrogens is 274 g/mol. The summed E-state index contributed by atoms with van der Waals surface area (Å²) < 4.78 is 2.07. The van der Waals surface area contributed by atoms with Crippen molar-refractivity contribution in [2.24, 2.45) is 0 Å². The van der Waals surface area contributed by atoms with Gasteiger partial charge in [0.05, 0.1) is 5.75 Å². The van der Waals surface area contributed by atoms with Crippen molar-refractivity contribution in [3.8, 4) is 0 Å². The largest absolute Gasteiger partial charge is 0.481 e. The van der Waals surface area contributed by atoms with Crippen LogP contribution in [-0.4, -0.2) is 31.4 Å². The van der Waals surface area contributed by atoms with Gasteiger partial charge >= 0.3 is 5.97 Å². The highest BCUT2D eigenvalue weighted by Gasteiger charge is 2.26. The molecule has 2 aromatic rings. The normalized spacial score (nSPS) is 11.9. The van der Waals surface area contributed by atoms with Crippen LogP contribution in [-0.2, 0) is 10.3 Å². The zero-order valence-electron chi connectivity index (χ0n) is 12.0. The van der Waals surface area contributed by atoms with Crippen LogP contribution in [0.15, 0.2) is 23.5 Å². The Balaban J connectivity index is 2.52. The number of hydrogen-bond acceptors (Lipinski definition) is 4. The number of aliphatic carboxylic acids is 1. The number of rotatable bonds is 6. The molecule has 20 heavy (non-hydrogen) atoms. The lowest BCUT2D eigenvalue weighted by atomic mass is 9.99. The molecule has 2 heterocycles. The number of hydrogen-bond donors (Lipinski definition) is 1. The lowest BCUT2D eigenvalue weighted by Crippen LogP contribution is -2.27. The van der Waals surface area contributed by atoms with E-state index in [1.54, 1.807) is 6.20 Å². The van der Waals surface area contributed by atoms with Crippen LogP contribution in [0, 0.1) is 0 Å². The third-order valence-electron chi connectivity index (χ3n) is 3.18. The zero-order chi connectivity index (χ0) is 14.8. The SMILES string of the molecule is CCCC(C)(C)n1c(SCC(=O)O)nc2cccnc21. The maximum absolute atomic E-state index is 10.8. The van der Waals surface area contributed by atoms with Gasteiger partial charge in [0, 0.05) is 11.7 Å². The summed E-state index contributed by atoms with van der Waals surface area (Å²) in [6, 6.07) is 3.75. The quantitative estimate of drug-likeness (QED) is 0.829. The Kier molecular flexibility index (Phi) is 4.32. The van der Waals surface area contributed by atoms with Gasteiger partial charge in [-0.25, -0.2) is 9.97 Å². The fraction of sp³-hybridized carbons (Fsp3) is 0.500. The van der Waals surface area contributed by atoms with E-state index in [4.69, 9.17) is 5.11 Å². The van der Waals surface area contributed by atoms with Gasteiger partial charge in [-0.05, 0) is 32.4 Å². The van der Waals surface area contributed by atoms with E-state index in [1.807, 2.05) is 12.1 Å². The average Bonchev–Trinajstić information content (AvgIpc) is 2.75. The molecule has 0 saturated carbocycles. The summed E-state index contributed by atoms with van der Waals surface area (Å²) in [6.45, 7) is 6.41. The first-order chi connectivity index (χ1) is 9.45. The molecule has 0 aliphatic heterocycles. The molecule has 0 fully saturated rings. The van der Waals surface area contributed by atoms with Gasteiger partial charge in [0.2, 0.25) is 0 Å². The number of pyridine rings is 1. The highest BCUT2D eigenvalue weighted by molar-refractivity contribution is 7.99. The highest BCUT2D eigenvalue weighted by Crippen LogP contribution is 2.32. The minimum Gasteiger partial charge on any atom is -0.481 e. The Hall–Kier alpha value is -1.56. The summed E-state index contributed by atoms with van der Waals surface area (Å²) in [7, 11) is 0. The maximum Gasteiger partial charge on any atom is 0.313 e. The van der Waals surface area contributed by atoms with E-state index in [2.05, 4.69) is 35.3 Å². The fourth-order valence-corrected chi connectivity index (χ4v) is 3.26. The predicted molar refractivity (Wildman–Crippen MR) is 80.1 cm³/mol. The van der Waals surface area contributed by atoms with Crippen LogP contribution in [0.4, 0.5) is 0 Å². The number of aromatic nitrogens is 3. The van der Waals surface area contributed by atoms with E-state index in [-0.39, 0.29) is 11.3 Å². The van der Waals surface area contributed by atoms with Crippen molar-refractivity contribution in [2.45, 2.75) is 44.3 Å². The van der Waals surface area contributed by atoms with Crippen LogP contribution in [0.3, 0.4) is 0 Å². The van der Waals surface area contributed by atoms with Crippen LogP contribution >= 0.6 is 11.8 Å². The second-order valence-electron chi connectivity index (χ2n) is 5.32. The molecule has 0 atom stereocenters. The van der Waals surface area contributed by atoms with Gasteiger partial charge in [-0.1, -0.05) is 25.1 Å². The minimum atomic E-state index is -0.838. The van der Waals surface area contributed by atoms with Gasteiger partial charge in [-0.15, -0.1) is 0 Å². The smallest absolute Gasteiger partial charge is 0.313 e. The standard InChI is InChI=1S/C14H19N3O2S/c1-4-7-14(2,3)17-12-10(6-5-8-15-12)16-13(17)20-9-11(18)19/h5-6,8H,4,7,9H2,1-3H3,(H,18,19). The average molecular weight is 293 g/mol. The summed E-state index contributed by atoms with van der Waals surface area (Å²) in [4.78, 5) is 19.8. The van der Waals surface area contributed by atoms with E-state index >= 15 is 0 Å². The topological polar surface area (TPSA) is 68.0 Å². The first-order valence-corrected chi connectivity index (χ1v) is 7.63. The summed E-state index contributed by atoms with van der Waals surface area (Å²) >= 11 is 1.25. The summed E-state index contributed by atoms with van der Waals surface area (Å²) in [5.74, 6) is -0.833. The third kappa shape index (κ3) is 2.95. The number of imidazole rings is 1. The molecule has 1 N–H and O–H groups in total. The van der Waals surface area contributed by atoms with Crippen LogP contribution in [0.2, 0.25) is 0 Å². The van der Waals surface area contributed by atoms with Gasteiger partial charge in [0.25, 0.3) is 0 Å². The number of carboxylic acid groups (broad SMARTS) is 1. The number of fused-ring (bicyclic) bond motifs is 1. The number of carbonyl (C=O) groups is 1. The van der Waals surface area contributed by atoms with E-state index in [0.29, 0.717) is 0 Å². The molecule has 0 aliphatic carbocycles. The Morgan fingerprint density at radius 1 is 1.50 bits per heavy atom. The van der Waals surface area contributed by atoms with E-state index in [9.17, 15) is 4.79 Å². The molecule has 0 saturated heterocycles. The van der Waals surface area contributed by atoms with Crippen LogP contribution in [0.25, 0.3) is 11.2 Å². The van der Waals surface area contributed by atoms with Crippen LogP contribution in [0.5, 0.6) is 0 Å². The molecule has 6 heteroatoms. The first kappa shape index (κ1) is 14.8. The van der Waals surface area contributed by atoms with Gasteiger partial charge < -0.3 is 5.11 Å². The van der Waals surface area contributed by atoms with E-state index in [1.165, 1.54) is 11.8 Å². The van der Waals surface area contributed by atoms with Gasteiger partial charge in [0.15, 0.2) is 10.8 Å². The van der Waals surface area contributed by atoms with Crippen molar-refractivity contribution in [3.05, 3.63) is 18.3 Å². The van der Waals surface area contributed by atoms with Crippen molar-refractivity contribution >= 4 is 28.9 Å². The van der Waals surface area contributed by atoms with Gasteiger partial charge in [-0.2, -0.15) is 0 Å². The maximum atomic E-state index is 10.8. The van der Waals surface area contributed by atoms with Crippen molar-refractivity contribution in [1.82, 2.24) is 14.5 Å². The van der Waals surface area contributed by atoms with Gasteiger partial charge in [-0.3, -0.25) is 9.36 Å². The summed E-state index contributed by atoms with van der Waals surface area (Å²) in [6.07, 6.45) is 3.77. The minimum absolute atomic E-state index is 0.00548. The second-order valence-corrected chi connectivity index (χ2v) is 6.26. The van der Waals surface area contributed by atoms with Crippen molar-refractivity contribution < 1.29 is 9.90 Å². The molecule has 0 aliphatic rings. The summed E-state index contributed by atoms with van der Waals surface area (Å²) in [5.41, 5.74) is 1.49. The Bertz CT molecular complexity index is 622. The van der Waals surface area contributed by atoms with E-state index < -0.39 is 5.97 Å². The summed E-state index contributed by atoms with van der Waals surface area (Å²) in [5, 5.41) is 9.60. The molecule has 0 spiro atoms. The Morgan fingerprint density at radius 2 is 2.25 bits per heavy atom. The van der Waals surface area contributed by atoms with Crippen molar-refractivity contribution in [3.63, 3.8) is 0 Å². The number of carboxylic acids is 1. The van der Waals surface area contributed by atoms with Crippen molar-refractivity contribution in [1.29, 1.82) is 0 Å². The Labute approximate surface area is 122 Å². The number of nitrogens with zero attached hydrogens (tertiary/aromatic N) is 3. The van der Waals surface area contributed by atoms with Gasteiger partial charge in [0.1, 0.15) is 5.52 Å². The molecular formula is C14H19N3O2S. The third-order valence-corrected chi connectivity index (χ3v) is 4.10. The van der Waals surface area contributed by atoms with Crippen LogP contribution in [0.1, 0.15) is 33.6 Å². The Morgan fingerprint density at radius 3 is 2.90 bits per heavy atom. The van der Waals surface area contributed by atoms with Crippen molar-refractivity contribution in [2.75, 3.05) is 5.75 Å². The zero-order valence-corrected chi connectivity index (χ0v) is 12.8. The molecule has 0 unspecified atom stereocenters. The van der Waals surface area contributed by atoms with Crippen LogP contribution < -0.4 is 0 Å². The highest BCUT2D eigenvalue weighted by atomic mass is 32.2.